The lowest BCUT2D eigenvalue weighted by atomic mass is 9.90. The molecule has 0 saturated carbocycles. The van der Waals surface area contributed by atoms with Gasteiger partial charge >= 0.3 is 40.6 Å². The number of anilines is 3. The summed E-state index contributed by atoms with van der Waals surface area (Å²) in [4.78, 5) is 53.9. The number of piperidine rings is 1. The number of halogens is 2. The molecule has 0 aliphatic carbocycles. The molecule has 1 aromatic heterocycles. The molecule has 12 heterocycles. The van der Waals surface area contributed by atoms with Crippen LogP contribution in [-0.4, -0.2) is 144 Å². The zero-order chi connectivity index (χ0) is 50.7. The third kappa shape index (κ3) is 6.85. The maximum atomic E-state index is 17.0. The predicted octanol–water partition coefficient (Wildman–Crippen LogP) is 4.46. The minimum atomic E-state index is -4.97. The molecule has 26 heteroatoms. The van der Waals surface area contributed by atoms with Gasteiger partial charge in [-0.3, -0.25) is 4.90 Å². The third-order valence-electron chi connectivity index (χ3n) is 14.9. The molecule has 4 aromatic rings. The van der Waals surface area contributed by atoms with Crippen LogP contribution in [0.25, 0.3) is 0 Å². The number of aromatic nitrogens is 3. The van der Waals surface area contributed by atoms with Gasteiger partial charge < -0.3 is 38.2 Å². The van der Waals surface area contributed by atoms with E-state index in [1.807, 2.05) is 24.3 Å². The van der Waals surface area contributed by atoms with Crippen molar-refractivity contribution in [3.63, 3.8) is 0 Å². The molecule has 11 aliphatic rings. The summed E-state index contributed by atoms with van der Waals surface area (Å²) < 4.78 is 103. The quantitative estimate of drug-likeness (QED) is 0.157. The molecule has 6 fully saturated rings. The Kier molecular flexibility index (Phi) is 10.9. The van der Waals surface area contributed by atoms with Crippen molar-refractivity contribution in [3.05, 3.63) is 96.6 Å². The Hall–Kier alpha value is -6.74. The summed E-state index contributed by atoms with van der Waals surface area (Å²) in [7, 11) is -4.97. The van der Waals surface area contributed by atoms with E-state index in [-0.39, 0.29) is 18.7 Å². The molecule has 3 aromatic carbocycles. The number of nitrogens with zero attached hydrogens (tertiary/aromatic N) is 12. The molecular formula is C47H50F2N12O11S. The van der Waals surface area contributed by atoms with Crippen LogP contribution in [0.2, 0.25) is 0 Å². The third-order valence-corrected chi connectivity index (χ3v) is 17.1. The van der Waals surface area contributed by atoms with Crippen molar-refractivity contribution < 1.29 is 60.0 Å². The van der Waals surface area contributed by atoms with Gasteiger partial charge in [-0.1, -0.05) is 13.3 Å². The van der Waals surface area contributed by atoms with Crippen molar-refractivity contribution in [2.75, 3.05) is 66.3 Å². The average Bonchev–Trinajstić information content (AvgIpc) is 4.23. The number of carbonyl (C=O) groups excluding carboxylic acids is 3. The zero-order valence-corrected chi connectivity index (χ0v) is 40.6. The molecule has 0 N–H and O–H groups in total. The van der Waals surface area contributed by atoms with E-state index >= 15 is 22.0 Å². The number of azo groups is 2. The predicted molar refractivity (Wildman–Crippen MR) is 248 cm³/mol. The Balaban J connectivity index is 1.11. The Bertz CT molecular complexity index is 3020. The highest BCUT2D eigenvalue weighted by Crippen LogP contribution is 2.61. The van der Waals surface area contributed by atoms with Crippen LogP contribution in [0, 0.1) is 17.6 Å². The number of fused-ring (bicyclic) bond motifs is 6. The van der Waals surface area contributed by atoms with Crippen molar-refractivity contribution >= 4 is 44.9 Å². The molecule has 0 radical (unpaired) electrons. The molecule has 10 bridgehead atoms. The van der Waals surface area contributed by atoms with Crippen LogP contribution in [0.15, 0.2) is 99.8 Å². The second-order valence-electron chi connectivity index (χ2n) is 19.4. The number of urea groups is 1. The van der Waals surface area contributed by atoms with E-state index < -0.39 is 116 Å². The number of hydrogen-bond acceptors (Lipinski definition) is 20. The van der Waals surface area contributed by atoms with Crippen LogP contribution in [0.3, 0.4) is 0 Å². The summed E-state index contributed by atoms with van der Waals surface area (Å²) in [5.74, 6) is -12.4. The fourth-order valence-corrected chi connectivity index (χ4v) is 13.5. The molecule has 73 heavy (non-hydrogen) atoms. The molecule has 11 aliphatic heterocycles. The van der Waals surface area contributed by atoms with Crippen molar-refractivity contribution in [3.8, 4) is 5.75 Å². The van der Waals surface area contributed by atoms with Crippen LogP contribution in [-0.2, 0) is 55.3 Å². The normalized spacial score (nSPS) is 32.3. The van der Waals surface area contributed by atoms with Crippen LogP contribution in [0.4, 0.5) is 30.6 Å². The first-order valence-corrected chi connectivity index (χ1v) is 25.8. The fourth-order valence-electron chi connectivity index (χ4n) is 11.4. The van der Waals surface area contributed by atoms with Crippen molar-refractivity contribution in [2.45, 2.75) is 93.2 Å². The number of esters is 2. The topological polar surface area (TPSA) is 237 Å². The molecule has 23 nitrogen and oxygen atoms in total. The Morgan fingerprint density at radius 3 is 2.12 bits per heavy atom. The van der Waals surface area contributed by atoms with Gasteiger partial charge in [-0.25, -0.2) is 51.0 Å². The molecule has 8 atom stereocenters. The number of unbranched alkanes of at least 4 members (excludes halogenated alkanes) is 1. The second kappa shape index (κ2) is 16.9. The Labute approximate surface area is 416 Å². The highest BCUT2D eigenvalue weighted by molar-refractivity contribution is 7.92. The molecular weight excluding hydrogens is 979 g/mol. The Morgan fingerprint density at radius 1 is 0.836 bits per heavy atom. The standard InChI is InChI=1S/C47H50F2N12O11S/c1-4-5-22-73(65,66)47-43(26-59-28-50-27-51-59,36-15-6-31(48)23-37(36)49)68-38(69-47)25-67-35-13-11-33(12-14-35)57-20-18-56(19-21-57)32-7-9-34(10-8-32)61-42(64)60(29(2)3)46(45(61,52-54-46)53-55-47)70-39-30-16-17-58(24-30)44(39)71-40(62)41(63)72-44/h6-15,23,27-30,38-39H,4-5,16-22,24-26H2,1-3H3/b55-53+/t30?,38-,39?,43-,45?,46?,47?/m0/s1. The minimum absolute atomic E-state index is 0.0465. The number of amides is 2. The maximum absolute atomic E-state index is 17.0. The monoisotopic (exact) mass is 1030 g/mol. The summed E-state index contributed by atoms with van der Waals surface area (Å²) in [6.07, 6.45) is 0.324. The summed E-state index contributed by atoms with van der Waals surface area (Å²) in [5, 5.41) is 19.9. The van der Waals surface area contributed by atoms with Gasteiger partial charge in [-0.05, 0) is 87.4 Å². The molecule has 2 spiro atoms. The van der Waals surface area contributed by atoms with Gasteiger partial charge in [0.15, 0.2) is 18.0 Å². The molecule has 6 unspecified atom stereocenters. The van der Waals surface area contributed by atoms with Crippen LogP contribution in [0.1, 0.15) is 45.6 Å². The van der Waals surface area contributed by atoms with Gasteiger partial charge in [0.05, 0.1) is 18.0 Å². The van der Waals surface area contributed by atoms with Crippen molar-refractivity contribution in [1.82, 2.24) is 24.6 Å². The zero-order valence-electron chi connectivity index (χ0n) is 39.8. The number of hydrogen-bond donors (Lipinski definition) is 0. The van der Waals surface area contributed by atoms with Crippen LogP contribution >= 0.6 is 0 Å². The van der Waals surface area contributed by atoms with Gasteiger partial charge in [-0.15, -0.1) is 20.5 Å². The van der Waals surface area contributed by atoms with E-state index in [4.69, 9.17) is 38.6 Å². The summed E-state index contributed by atoms with van der Waals surface area (Å²) in [5.41, 5.74) is -1.18. The SMILES string of the molecule is CCCCS(=O)(=O)C12/N=N/C34N=NC3(OC3C5CCN(C5)C35OC(=O)C(=O)O5)N(C(C)C)C(=O)N4c3ccc(cc3)N3CCN(CC3)c3ccc(cc3)OC[C@H](O1)O[C@@]2(Cn1cncn1)c1ccc(F)cc1F. The summed E-state index contributed by atoms with van der Waals surface area (Å²) in [6, 6.07) is 15.4. The highest BCUT2D eigenvalue weighted by atomic mass is 32.2. The highest BCUT2D eigenvalue weighted by Gasteiger charge is 2.82. The number of benzene rings is 3. The lowest BCUT2D eigenvalue weighted by Crippen LogP contribution is -2.70. The molecule has 384 valence electrons. The number of carbonyl (C=O) groups is 3. The van der Waals surface area contributed by atoms with Gasteiger partial charge in [0.1, 0.15) is 36.6 Å². The molecule has 2 amide bonds. The minimum Gasteiger partial charge on any atom is -0.488 e. The summed E-state index contributed by atoms with van der Waals surface area (Å²) >= 11 is 0. The largest absolute Gasteiger partial charge is 0.488 e. The van der Waals surface area contributed by atoms with E-state index in [9.17, 15) is 9.59 Å². The van der Waals surface area contributed by atoms with E-state index in [1.165, 1.54) is 27.1 Å². The number of rotatable bonds is 10. The van der Waals surface area contributed by atoms with Gasteiger partial charge in [0.2, 0.25) is 9.84 Å². The fraction of sp³-hybridized carbons (Fsp3) is 0.511. The number of piperazine rings is 1. The number of sulfone groups is 1. The lowest BCUT2D eigenvalue weighted by molar-refractivity contribution is -0.333. The first kappa shape index (κ1) is 47.3. The maximum Gasteiger partial charge on any atom is 0.422 e. The van der Waals surface area contributed by atoms with Crippen molar-refractivity contribution in [1.29, 1.82) is 0 Å². The summed E-state index contributed by atoms with van der Waals surface area (Å²) in [6.45, 7) is 7.30. The van der Waals surface area contributed by atoms with E-state index in [2.05, 4.69) is 30.1 Å². The second-order valence-corrected chi connectivity index (χ2v) is 21.6. The molecule has 15 rings (SSSR count). The number of ether oxygens (including phenoxy) is 6. The van der Waals surface area contributed by atoms with Gasteiger partial charge in [0, 0.05) is 74.2 Å². The smallest absolute Gasteiger partial charge is 0.422 e. The first-order valence-electron chi connectivity index (χ1n) is 24.2. The molecule has 6 saturated heterocycles. The van der Waals surface area contributed by atoms with Crippen molar-refractivity contribution in [2.24, 2.45) is 26.4 Å². The average molecular weight is 1030 g/mol. The van der Waals surface area contributed by atoms with Crippen LogP contribution < -0.4 is 19.4 Å². The van der Waals surface area contributed by atoms with E-state index in [1.54, 1.807) is 49.9 Å². The van der Waals surface area contributed by atoms with E-state index in [0.717, 1.165) is 23.5 Å². The lowest BCUT2D eigenvalue weighted by Gasteiger charge is -2.49. The van der Waals surface area contributed by atoms with Crippen LogP contribution in [0.5, 0.6) is 5.75 Å². The Morgan fingerprint density at radius 2 is 1.51 bits per heavy atom. The van der Waals surface area contributed by atoms with Gasteiger partial charge in [-0.2, -0.15) is 5.10 Å². The van der Waals surface area contributed by atoms with Gasteiger partial charge in [0.25, 0.3) is 0 Å². The van der Waals surface area contributed by atoms with E-state index in [0.29, 0.717) is 57.4 Å². The first-order chi connectivity index (χ1) is 35.1.